The van der Waals surface area contributed by atoms with Gasteiger partial charge in [-0.2, -0.15) is 0 Å². The summed E-state index contributed by atoms with van der Waals surface area (Å²) in [6, 6.07) is 75.4. The van der Waals surface area contributed by atoms with Gasteiger partial charge in [-0.25, -0.2) is 4.98 Å². The van der Waals surface area contributed by atoms with E-state index in [-0.39, 0.29) is 0 Å². The number of anilines is 3. The average molecular weight is 730 g/mol. The monoisotopic (exact) mass is 729 g/mol. The first kappa shape index (κ1) is 32.7. The minimum Gasteiger partial charge on any atom is -0.435 e. The number of nitrogens with zero attached hydrogens (tertiary/aromatic N) is 3. The zero-order valence-corrected chi connectivity index (χ0v) is 31.0. The number of benzene rings is 9. The lowest BCUT2D eigenvalue weighted by molar-refractivity contribution is 0.623. The Morgan fingerprint density at radius 3 is 1.86 bits per heavy atom. The lowest BCUT2D eigenvalue weighted by atomic mass is 9.99. The summed E-state index contributed by atoms with van der Waals surface area (Å²) >= 11 is 0. The zero-order valence-electron chi connectivity index (χ0n) is 31.0. The third-order valence-corrected chi connectivity index (χ3v) is 11.0. The van der Waals surface area contributed by atoms with Crippen LogP contribution in [0.3, 0.4) is 0 Å². The van der Waals surface area contributed by atoms with Crippen molar-refractivity contribution in [2.75, 3.05) is 4.90 Å². The molecule has 0 unspecified atom stereocenters. The minimum absolute atomic E-state index is 0.636. The largest absolute Gasteiger partial charge is 0.435 e. The highest BCUT2D eigenvalue weighted by atomic mass is 16.3. The molecule has 11 rings (SSSR count). The second-order valence-electron chi connectivity index (χ2n) is 14.4. The van der Waals surface area contributed by atoms with E-state index in [9.17, 15) is 0 Å². The van der Waals surface area contributed by atoms with Crippen LogP contribution in [0.1, 0.15) is 0 Å². The van der Waals surface area contributed by atoms with Gasteiger partial charge in [0.2, 0.25) is 5.89 Å². The molecule has 0 fully saturated rings. The lowest BCUT2D eigenvalue weighted by Crippen LogP contribution is -2.11. The summed E-state index contributed by atoms with van der Waals surface area (Å²) < 4.78 is 8.72. The van der Waals surface area contributed by atoms with E-state index in [2.05, 4.69) is 191 Å². The first-order valence-electron chi connectivity index (χ1n) is 19.3. The van der Waals surface area contributed by atoms with Crippen LogP contribution in [-0.4, -0.2) is 9.55 Å². The molecule has 0 aliphatic rings. The maximum absolute atomic E-state index is 6.34. The van der Waals surface area contributed by atoms with Crippen molar-refractivity contribution in [3.05, 3.63) is 212 Å². The van der Waals surface area contributed by atoms with Crippen molar-refractivity contribution >= 4 is 60.7 Å². The van der Waals surface area contributed by atoms with Crippen LogP contribution in [0, 0.1) is 0 Å². The van der Waals surface area contributed by atoms with E-state index in [1.165, 1.54) is 21.9 Å². The fourth-order valence-electron chi connectivity index (χ4n) is 8.31. The van der Waals surface area contributed by atoms with Crippen molar-refractivity contribution in [1.82, 2.24) is 9.55 Å². The fraction of sp³-hybridized carbons (Fsp3) is 0. The van der Waals surface area contributed by atoms with E-state index in [0.29, 0.717) is 5.89 Å². The van der Waals surface area contributed by atoms with Crippen molar-refractivity contribution in [1.29, 1.82) is 0 Å². The molecule has 4 nitrogen and oxygen atoms in total. The Hall–Kier alpha value is -7.69. The fourth-order valence-corrected chi connectivity index (χ4v) is 8.31. The molecule has 2 aromatic heterocycles. The van der Waals surface area contributed by atoms with Crippen LogP contribution >= 0.6 is 0 Å². The molecule has 11 aromatic rings. The number of hydrogen-bond acceptors (Lipinski definition) is 3. The number of fused-ring (bicyclic) bond motifs is 6. The van der Waals surface area contributed by atoms with Gasteiger partial charge in [0.25, 0.3) is 0 Å². The van der Waals surface area contributed by atoms with Gasteiger partial charge in [0, 0.05) is 44.3 Å². The van der Waals surface area contributed by atoms with Crippen LogP contribution in [-0.2, 0) is 0 Å². The number of para-hydroxylation sites is 3. The summed E-state index contributed by atoms with van der Waals surface area (Å²) in [5.41, 5.74) is 14.0. The van der Waals surface area contributed by atoms with E-state index < -0.39 is 0 Å². The molecule has 9 aromatic carbocycles. The van der Waals surface area contributed by atoms with Gasteiger partial charge in [0.15, 0.2) is 5.58 Å². The number of aromatic nitrogens is 2. The normalized spacial score (nSPS) is 11.5. The predicted octanol–water partition coefficient (Wildman–Crippen LogP) is 14.5. The summed E-state index contributed by atoms with van der Waals surface area (Å²) in [6.45, 7) is 0. The van der Waals surface area contributed by atoms with Crippen molar-refractivity contribution < 1.29 is 4.42 Å². The number of hydrogen-bond donors (Lipinski definition) is 0. The molecule has 57 heavy (non-hydrogen) atoms. The molecule has 0 saturated carbocycles. The molecule has 4 heteroatoms. The average Bonchev–Trinajstić information content (AvgIpc) is 3.88. The van der Waals surface area contributed by atoms with Gasteiger partial charge in [-0.05, 0) is 101 Å². The summed E-state index contributed by atoms with van der Waals surface area (Å²) in [6.07, 6.45) is 0. The van der Waals surface area contributed by atoms with E-state index in [0.717, 1.165) is 72.4 Å². The molecule has 0 atom stereocenters. The van der Waals surface area contributed by atoms with Gasteiger partial charge in [-0.15, -0.1) is 0 Å². The molecule has 0 spiro atoms. The summed E-state index contributed by atoms with van der Waals surface area (Å²) in [5, 5.41) is 4.62. The van der Waals surface area contributed by atoms with Crippen LogP contribution in [0.2, 0.25) is 0 Å². The van der Waals surface area contributed by atoms with Gasteiger partial charge in [-0.3, -0.25) is 0 Å². The molecule has 0 radical (unpaired) electrons. The molecular formula is C53H35N3O. The highest BCUT2D eigenvalue weighted by molar-refractivity contribution is 6.10. The minimum atomic E-state index is 0.636. The van der Waals surface area contributed by atoms with Gasteiger partial charge in [0.05, 0.1) is 16.7 Å². The number of rotatable bonds is 7. The smallest absolute Gasteiger partial charge is 0.227 e. The van der Waals surface area contributed by atoms with Crippen LogP contribution in [0.5, 0.6) is 0 Å². The van der Waals surface area contributed by atoms with Gasteiger partial charge in [0.1, 0.15) is 5.52 Å². The first-order chi connectivity index (χ1) is 28.3. The maximum Gasteiger partial charge on any atom is 0.227 e. The topological polar surface area (TPSA) is 34.2 Å². The van der Waals surface area contributed by atoms with Gasteiger partial charge >= 0.3 is 0 Å². The Labute approximate surface area is 330 Å². The van der Waals surface area contributed by atoms with Crippen molar-refractivity contribution in [2.24, 2.45) is 0 Å². The van der Waals surface area contributed by atoms with Crippen molar-refractivity contribution in [3.8, 4) is 39.4 Å². The SMILES string of the molecule is c1ccc(-c2nc3ccc4cc(-c5ccc(N(c6ccc7c8ccccc8n(-c8ccccc8)c7c6)c6ccccc6-c6ccccc6)cc5)ccc4c3o2)cc1. The van der Waals surface area contributed by atoms with E-state index in [1.807, 2.05) is 30.3 Å². The first-order valence-corrected chi connectivity index (χ1v) is 19.3. The molecule has 2 heterocycles. The quantitative estimate of drug-likeness (QED) is 0.164. The van der Waals surface area contributed by atoms with Crippen LogP contribution in [0.4, 0.5) is 17.1 Å². The molecule has 0 aliphatic carbocycles. The van der Waals surface area contributed by atoms with E-state index in [1.54, 1.807) is 0 Å². The molecule has 0 N–H and O–H groups in total. The van der Waals surface area contributed by atoms with E-state index >= 15 is 0 Å². The molecule has 0 amide bonds. The van der Waals surface area contributed by atoms with Crippen LogP contribution in [0.25, 0.3) is 83.1 Å². The summed E-state index contributed by atoms with van der Waals surface area (Å²) in [7, 11) is 0. The van der Waals surface area contributed by atoms with Crippen LogP contribution < -0.4 is 4.90 Å². The van der Waals surface area contributed by atoms with Gasteiger partial charge < -0.3 is 13.9 Å². The Kier molecular flexibility index (Phi) is 7.78. The Bertz CT molecular complexity index is 3220. The third kappa shape index (κ3) is 5.66. The molecule has 0 bridgehead atoms. The molecular weight excluding hydrogens is 695 g/mol. The van der Waals surface area contributed by atoms with E-state index in [4.69, 9.17) is 9.40 Å². The van der Waals surface area contributed by atoms with Crippen molar-refractivity contribution in [3.63, 3.8) is 0 Å². The standard InChI is InChI=1S/C53H35N3O/c1-4-14-37(15-5-1)44-20-10-12-22-49(44)55(43-30-32-47-46-21-11-13-23-50(46)56(51(47)35-43)41-18-8-3-9-19-41)42-28-24-36(25-29-42)39-26-31-45-40(34-39)27-33-48-52(45)57-53(54-48)38-16-6-2-7-17-38/h1-35H. The molecule has 0 aliphatic heterocycles. The maximum atomic E-state index is 6.34. The second kappa shape index (κ2) is 13.6. The summed E-state index contributed by atoms with van der Waals surface area (Å²) in [4.78, 5) is 7.18. The highest BCUT2D eigenvalue weighted by Gasteiger charge is 2.20. The Morgan fingerprint density at radius 2 is 1.05 bits per heavy atom. The second-order valence-corrected chi connectivity index (χ2v) is 14.4. The Morgan fingerprint density at radius 1 is 0.421 bits per heavy atom. The summed E-state index contributed by atoms with van der Waals surface area (Å²) in [5.74, 6) is 0.636. The molecule has 268 valence electrons. The lowest BCUT2D eigenvalue weighted by Gasteiger charge is -2.28. The molecule has 0 saturated heterocycles. The van der Waals surface area contributed by atoms with Crippen LogP contribution in [0.15, 0.2) is 217 Å². The van der Waals surface area contributed by atoms with Gasteiger partial charge in [-0.1, -0.05) is 133 Å². The number of oxazole rings is 1. The Balaban J connectivity index is 1.04. The van der Waals surface area contributed by atoms with Crippen molar-refractivity contribution in [2.45, 2.75) is 0 Å². The third-order valence-electron chi connectivity index (χ3n) is 11.0. The zero-order chi connectivity index (χ0) is 37.7. The predicted molar refractivity (Wildman–Crippen MR) is 237 cm³/mol. The highest BCUT2D eigenvalue weighted by Crippen LogP contribution is 2.44.